The predicted molar refractivity (Wildman–Crippen MR) is 103 cm³/mol. The highest BCUT2D eigenvalue weighted by Gasteiger charge is 2.14. The van der Waals surface area contributed by atoms with Crippen LogP contribution in [-0.4, -0.2) is 46.0 Å². The highest BCUT2D eigenvalue weighted by Crippen LogP contribution is 2.34. The van der Waals surface area contributed by atoms with Gasteiger partial charge < -0.3 is 10.2 Å². The van der Waals surface area contributed by atoms with Crippen LogP contribution in [0, 0.1) is 0 Å². The van der Waals surface area contributed by atoms with Gasteiger partial charge in [0, 0.05) is 41.3 Å². The average molecular weight is 360 g/mol. The van der Waals surface area contributed by atoms with Crippen molar-refractivity contribution in [2.75, 3.05) is 31.5 Å². The molecule has 3 aromatic rings. The molecule has 0 saturated carbocycles. The zero-order valence-corrected chi connectivity index (χ0v) is 15.5. The van der Waals surface area contributed by atoms with Gasteiger partial charge >= 0.3 is 0 Å². The van der Waals surface area contributed by atoms with Gasteiger partial charge in [-0.1, -0.05) is 19.9 Å². The second-order valence-electron chi connectivity index (χ2n) is 5.22. The number of thiazole rings is 1. The topological polar surface area (TPSA) is 53.9 Å². The zero-order valence-electron chi connectivity index (χ0n) is 13.9. The number of hydrogen-bond donors (Lipinski definition) is 1. The van der Waals surface area contributed by atoms with Crippen LogP contribution >= 0.6 is 22.7 Å². The minimum atomic E-state index is 0.660. The third-order valence-corrected chi connectivity index (χ3v) is 5.50. The summed E-state index contributed by atoms with van der Waals surface area (Å²) in [6.45, 7) is 8.28. The van der Waals surface area contributed by atoms with E-state index in [1.165, 1.54) is 0 Å². The van der Waals surface area contributed by atoms with Crippen LogP contribution in [0.25, 0.3) is 21.1 Å². The first kappa shape index (κ1) is 17.0. The summed E-state index contributed by atoms with van der Waals surface area (Å²) < 4.78 is 0. The largest absolute Gasteiger partial charge is 0.353 e. The van der Waals surface area contributed by atoms with Crippen molar-refractivity contribution in [3.63, 3.8) is 0 Å². The Morgan fingerprint density at radius 3 is 2.67 bits per heavy atom. The van der Waals surface area contributed by atoms with Crippen LogP contribution < -0.4 is 5.32 Å². The van der Waals surface area contributed by atoms with Crippen molar-refractivity contribution in [2.24, 2.45) is 0 Å². The molecule has 0 fully saturated rings. The fraction of sp³-hybridized carbons (Fsp3) is 0.353. The molecule has 3 heterocycles. The van der Waals surface area contributed by atoms with Gasteiger partial charge in [0.15, 0.2) is 0 Å². The lowest BCUT2D eigenvalue weighted by Gasteiger charge is -2.18. The van der Waals surface area contributed by atoms with Gasteiger partial charge in [-0.3, -0.25) is 0 Å². The van der Waals surface area contributed by atoms with Crippen LogP contribution in [0.4, 0.5) is 5.95 Å². The molecule has 0 amide bonds. The maximum Gasteiger partial charge on any atom is 0.223 e. The Kier molecular flexibility index (Phi) is 5.90. The first-order chi connectivity index (χ1) is 11.8. The Bertz CT molecular complexity index is 736. The van der Waals surface area contributed by atoms with Crippen LogP contribution in [0.1, 0.15) is 13.8 Å². The number of likely N-dealkylation sites (N-methyl/N-ethyl adjacent to an activating group) is 1. The van der Waals surface area contributed by atoms with Crippen LogP contribution in [0.15, 0.2) is 35.3 Å². The SMILES string of the molecule is CCN(CC)CCNc1ncc(-c2cccs2)c(-c2nccs2)n1. The molecule has 1 N–H and O–H groups in total. The van der Waals surface area contributed by atoms with E-state index in [2.05, 4.69) is 45.5 Å². The maximum atomic E-state index is 4.73. The highest BCUT2D eigenvalue weighted by atomic mass is 32.1. The molecule has 3 aromatic heterocycles. The Labute approximate surface area is 150 Å². The Balaban J connectivity index is 1.81. The first-order valence-electron chi connectivity index (χ1n) is 8.08. The van der Waals surface area contributed by atoms with E-state index in [1.807, 2.05) is 23.8 Å². The minimum absolute atomic E-state index is 0.660. The molecular formula is C17H21N5S2. The van der Waals surface area contributed by atoms with Gasteiger partial charge in [0.2, 0.25) is 5.95 Å². The lowest BCUT2D eigenvalue weighted by molar-refractivity contribution is 0.316. The quantitative estimate of drug-likeness (QED) is 0.657. The second kappa shape index (κ2) is 8.32. The Morgan fingerprint density at radius 2 is 2.00 bits per heavy atom. The molecule has 0 saturated heterocycles. The Hall–Kier alpha value is -1.83. The van der Waals surface area contributed by atoms with Crippen molar-refractivity contribution in [2.45, 2.75) is 13.8 Å². The van der Waals surface area contributed by atoms with Crippen LogP contribution in [0.2, 0.25) is 0 Å². The van der Waals surface area contributed by atoms with E-state index in [-0.39, 0.29) is 0 Å². The van der Waals surface area contributed by atoms with Crippen molar-refractivity contribution in [3.8, 4) is 21.1 Å². The summed E-state index contributed by atoms with van der Waals surface area (Å²) in [6.07, 6.45) is 3.71. The van der Waals surface area contributed by atoms with Crippen molar-refractivity contribution in [1.29, 1.82) is 0 Å². The molecule has 0 aliphatic carbocycles. The van der Waals surface area contributed by atoms with Gasteiger partial charge in [0.05, 0.1) is 0 Å². The molecule has 0 aromatic carbocycles. The molecule has 0 bridgehead atoms. The van der Waals surface area contributed by atoms with E-state index >= 15 is 0 Å². The molecule has 0 radical (unpaired) electrons. The molecule has 5 nitrogen and oxygen atoms in total. The van der Waals surface area contributed by atoms with Crippen molar-refractivity contribution < 1.29 is 0 Å². The van der Waals surface area contributed by atoms with Crippen LogP contribution in [0.5, 0.6) is 0 Å². The summed E-state index contributed by atoms with van der Waals surface area (Å²) in [7, 11) is 0. The number of aromatic nitrogens is 3. The molecule has 0 aliphatic rings. The van der Waals surface area contributed by atoms with Crippen molar-refractivity contribution in [1.82, 2.24) is 19.9 Å². The molecule has 0 atom stereocenters. The minimum Gasteiger partial charge on any atom is -0.353 e. The molecule has 24 heavy (non-hydrogen) atoms. The van der Waals surface area contributed by atoms with Gasteiger partial charge in [0.25, 0.3) is 0 Å². The molecule has 3 rings (SSSR count). The highest BCUT2D eigenvalue weighted by molar-refractivity contribution is 7.14. The lowest BCUT2D eigenvalue weighted by Crippen LogP contribution is -2.29. The monoisotopic (exact) mass is 359 g/mol. The van der Waals surface area contributed by atoms with Gasteiger partial charge in [-0.15, -0.1) is 22.7 Å². The molecule has 0 spiro atoms. The van der Waals surface area contributed by atoms with Crippen LogP contribution in [0.3, 0.4) is 0 Å². The number of nitrogens with zero attached hydrogens (tertiary/aromatic N) is 4. The average Bonchev–Trinajstić information content (AvgIpc) is 3.32. The lowest BCUT2D eigenvalue weighted by atomic mass is 10.2. The number of thiophene rings is 1. The van der Waals surface area contributed by atoms with E-state index in [9.17, 15) is 0 Å². The smallest absolute Gasteiger partial charge is 0.223 e. The molecule has 7 heteroatoms. The summed E-state index contributed by atoms with van der Waals surface area (Å²) >= 11 is 3.29. The number of anilines is 1. The molecule has 0 aliphatic heterocycles. The zero-order chi connectivity index (χ0) is 16.8. The fourth-order valence-electron chi connectivity index (χ4n) is 2.45. The van der Waals surface area contributed by atoms with E-state index in [1.54, 1.807) is 22.7 Å². The summed E-state index contributed by atoms with van der Waals surface area (Å²) in [5.74, 6) is 0.660. The molecule has 126 valence electrons. The second-order valence-corrected chi connectivity index (χ2v) is 7.07. The van der Waals surface area contributed by atoms with Gasteiger partial charge in [-0.2, -0.15) is 0 Å². The van der Waals surface area contributed by atoms with E-state index < -0.39 is 0 Å². The summed E-state index contributed by atoms with van der Waals surface area (Å²) in [5.41, 5.74) is 1.93. The molecule has 0 unspecified atom stereocenters. The summed E-state index contributed by atoms with van der Waals surface area (Å²) in [5, 5.41) is 8.30. The van der Waals surface area contributed by atoms with E-state index in [4.69, 9.17) is 4.98 Å². The normalized spacial score (nSPS) is 11.1. The summed E-state index contributed by atoms with van der Waals surface area (Å²) in [4.78, 5) is 17.2. The summed E-state index contributed by atoms with van der Waals surface area (Å²) in [6, 6.07) is 4.13. The van der Waals surface area contributed by atoms with Crippen molar-refractivity contribution in [3.05, 3.63) is 35.3 Å². The first-order valence-corrected chi connectivity index (χ1v) is 9.84. The third-order valence-electron chi connectivity index (χ3n) is 3.82. The van der Waals surface area contributed by atoms with Gasteiger partial charge in [-0.05, 0) is 24.5 Å². The van der Waals surface area contributed by atoms with Crippen molar-refractivity contribution >= 4 is 28.6 Å². The fourth-order valence-corrected chi connectivity index (χ4v) is 3.82. The molecular weight excluding hydrogens is 338 g/mol. The predicted octanol–water partition coefficient (Wildman–Crippen LogP) is 4.08. The van der Waals surface area contributed by atoms with Gasteiger partial charge in [0.1, 0.15) is 10.7 Å². The van der Waals surface area contributed by atoms with E-state index in [0.717, 1.165) is 47.3 Å². The number of nitrogens with one attached hydrogen (secondary N) is 1. The number of hydrogen-bond acceptors (Lipinski definition) is 7. The number of rotatable bonds is 8. The third kappa shape index (κ3) is 3.98. The Morgan fingerprint density at radius 1 is 1.12 bits per heavy atom. The van der Waals surface area contributed by atoms with Gasteiger partial charge in [-0.25, -0.2) is 15.0 Å². The maximum absolute atomic E-state index is 4.73. The van der Waals surface area contributed by atoms with Crippen LogP contribution in [-0.2, 0) is 0 Å². The standard InChI is InChI=1S/C17H21N5S2/c1-3-22(4-2)9-7-19-17-20-12-13(14-6-5-10-23-14)15(21-17)16-18-8-11-24-16/h5-6,8,10-12H,3-4,7,9H2,1-2H3,(H,19,20,21). The van der Waals surface area contributed by atoms with E-state index in [0.29, 0.717) is 5.95 Å².